The number of aromatic nitrogens is 1. The summed E-state index contributed by atoms with van der Waals surface area (Å²) in [5.41, 5.74) is 2.04. The molecule has 0 spiro atoms. The Kier molecular flexibility index (Phi) is 5.91. The highest BCUT2D eigenvalue weighted by Gasteiger charge is 2.29. The van der Waals surface area contributed by atoms with Crippen LogP contribution in [0.5, 0.6) is 5.75 Å². The second-order valence-electron chi connectivity index (χ2n) is 7.30. The molecule has 1 aliphatic carbocycles. The third-order valence-electron chi connectivity index (χ3n) is 5.29. The van der Waals surface area contributed by atoms with Crippen LogP contribution in [0.25, 0.3) is 10.2 Å². The molecule has 0 bridgehead atoms. The SMILES string of the molecule is CCOc1ccc2nc(N(Cc3ccccc3)C(=O)C3CCCCC3)sc2c1. The first kappa shape index (κ1) is 18.9. The van der Waals surface area contributed by atoms with Crippen LogP contribution in [0, 0.1) is 5.92 Å². The fourth-order valence-electron chi connectivity index (χ4n) is 3.84. The number of rotatable bonds is 6. The van der Waals surface area contributed by atoms with Crippen LogP contribution in [0.4, 0.5) is 5.13 Å². The van der Waals surface area contributed by atoms with Crippen molar-refractivity contribution in [3.63, 3.8) is 0 Å². The molecule has 0 radical (unpaired) electrons. The number of fused-ring (bicyclic) bond motifs is 1. The van der Waals surface area contributed by atoms with Gasteiger partial charge >= 0.3 is 0 Å². The normalized spacial score (nSPS) is 14.9. The van der Waals surface area contributed by atoms with E-state index < -0.39 is 0 Å². The van der Waals surface area contributed by atoms with Gasteiger partial charge in [0.25, 0.3) is 0 Å². The number of ether oxygens (including phenoxy) is 1. The molecule has 4 nitrogen and oxygen atoms in total. The van der Waals surface area contributed by atoms with Crippen molar-refractivity contribution in [2.75, 3.05) is 11.5 Å². The number of carbonyl (C=O) groups excluding carboxylic acids is 1. The number of carbonyl (C=O) groups is 1. The first-order valence-electron chi connectivity index (χ1n) is 10.1. The molecule has 1 fully saturated rings. The molecule has 1 amide bonds. The van der Waals surface area contributed by atoms with Crippen molar-refractivity contribution in [3.8, 4) is 5.75 Å². The summed E-state index contributed by atoms with van der Waals surface area (Å²) in [5.74, 6) is 1.18. The lowest BCUT2D eigenvalue weighted by atomic mass is 9.88. The highest BCUT2D eigenvalue weighted by molar-refractivity contribution is 7.22. The topological polar surface area (TPSA) is 42.4 Å². The fraction of sp³-hybridized carbons (Fsp3) is 0.391. The quantitative estimate of drug-likeness (QED) is 0.530. The number of anilines is 1. The molecule has 3 aromatic rings. The second kappa shape index (κ2) is 8.74. The molecular weight excluding hydrogens is 368 g/mol. The number of hydrogen-bond acceptors (Lipinski definition) is 4. The summed E-state index contributed by atoms with van der Waals surface area (Å²) in [6, 6.07) is 16.1. The standard InChI is InChI=1S/C23H26N2O2S/c1-2-27-19-13-14-20-21(15-19)28-23(24-20)25(16-17-9-5-3-6-10-17)22(26)18-11-7-4-8-12-18/h3,5-6,9-10,13-15,18H,2,4,7-8,11-12,16H2,1H3. The summed E-state index contributed by atoms with van der Waals surface area (Å²) in [4.78, 5) is 20.1. The van der Waals surface area contributed by atoms with E-state index in [1.54, 1.807) is 11.3 Å². The van der Waals surface area contributed by atoms with E-state index in [1.807, 2.05) is 48.2 Å². The van der Waals surface area contributed by atoms with Crippen LogP contribution < -0.4 is 9.64 Å². The predicted octanol–water partition coefficient (Wildman–Crippen LogP) is 5.81. The van der Waals surface area contributed by atoms with Gasteiger partial charge in [0.05, 0.1) is 23.4 Å². The van der Waals surface area contributed by atoms with E-state index in [2.05, 4.69) is 12.1 Å². The number of nitrogens with zero attached hydrogens (tertiary/aromatic N) is 2. The van der Waals surface area contributed by atoms with Crippen LogP contribution in [-0.4, -0.2) is 17.5 Å². The van der Waals surface area contributed by atoms with E-state index in [0.717, 1.165) is 52.3 Å². The Balaban J connectivity index is 1.67. The van der Waals surface area contributed by atoms with Crippen molar-refractivity contribution in [1.82, 2.24) is 4.98 Å². The molecule has 0 saturated heterocycles. The Labute approximate surface area is 170 Å². The zero-order valence-corrected chi connectivity index (χ0v) is 17.1. The van der Waals surface area contributed by atoms with E-state index in [-0.39, 0.29) is 11.8 Å². The predicted molar refractivity (Wildman–Crippen MR) is 115 cm³/mol. The molecule has 4 rings (SSSR count). The third kappa shape index (κ3) is 4.20. The highest BCUT2D eigenvalue weighted by atomic mass is 32.1. The molecule has 28 heavy (non-hydrogen) atoms. The molecule has 1 saturated carbocycles. The summed E-state index contributed by atoms with van der Waals surface area (Å²) in [5, 5.41) is 0.781. The van der Waals surface area contributed by atoms with Crippen LogP contribution in [0.2, 0.25) is 0 Å². The van der Waals surface area contributed by atoms with E-state index in [9.17, 15) is 4.79 Å². The Morgan fingerprint density at radius 1 is 1.14 bits per heavy atom. The molecule has 0 atom stereocenters. The molecule has 5 heteroatoms. The van der Waals surface area contributed by atoms with Crippen molar-refractivity contribution < 1.29 is 9.53 Å². The van der Waals surface area contributed by atoms with E-state index in [1.165, 1.54) is 6.42 Å². The third-order valence-corrected chi connectivity index (χ3v) is 6.34. The fourth-order valence-corrected chi connectivity index (χ4v) is 4.84. The minimum Gasteiger partial charge on any atom is -0.494 e. The van der Waals surface area contributed by atoms with Crippen molar-refractivity contribution in [2.24, 2.45) is 5.92 Å². The minimum atomic E-state index is 0.114. The molecule has 1 heterocycles. The van der Waals surface area contributed by atoms with E-state index in [4.69, 9.17) is 9.72 Å². The van der Waals surface area contributed by atoms with Crippen LogP contribution >= 0.6 is 11.3 Å². The Bertz CT molecular complexity index is 932. The molecule has 146 valence electrons. The first-order valence-corrected chi connectivity index (χ1v) is 10.9. The number of benzene rings is 2. The maximum absolute atomic E-state index is 13.4. The molecular formula is C23H26N2O2S. The van der Waals surface area contributed by atoms with Gasteiger partial charge < -0.3 is 4.74 Å². The number of amides is 1. The van der Waals surface area contributed by atoms with Gasteiger partial charge in [0.2, 0.25) is 5.91 Å². The van der Waals surface area contributed by atoms with Gasteiger partial charge in [0.15, 0.2) is 5.13 Å². The lowest BCUT2D eigenvalue weighted by Crippen LogP contribution is -2.36. The van der Waals surface area contributed by atoms with Gasteiger partial charge in [-0.15, -0.1) is 0 Å². The van der Waals surface area contributed by atoms with Crippen molar-refractivity contribution in [1.29, 1.82) is 0 Å². The highest BCUT2D eigenvalue weighted by Crippen LogP contribution is 2.35. The maximum Gasteiger partial charge on any atom is 0.232 e. The molecule has 0 aliphatic heterocycles. The summed E-state index contributed by atoms with van der Waals surface area (Å²) in [7, 11) is 0. The lowest BCUT2D eigenvalue weighted by molar-refractivity contribution is -0.123. The monoisotopic (exact) mass is 394 g/mol. The Morgan fingerprint density at radius 2 is 1.93 bits per heavy atom. The lowest BCUT2D eigenvalue weighted by Gasteiger charge is -2.27. The van der Waals surface area contributed by atoms with Gasteiger partial charge in [0.1, 0.15) is 5.75 Å². The summed E-state index contributed by atoms with van der Waals surface area (Å²) in [6.07, 6.45) is 5.51. The van der Waals surface area contributed by atoms with Gasteiger partial charge in [0, 0.05) is 5.92 Å². The first-order chi connectivity index (χ1) is 13.7. The maximum atomic E-state index is 13.4. The molecule has 1 aromatic heterocycles. The van der Waals surface area contributed by atoms with E-state index in [0.29, 0.717) is 13.2 Å². The Morgan fingerprint density at radius 3 is 2.68 bits per heavy atom. The van der Waals surface area contributed by atoms with Gasteiger partial charge in [-0.1, -0.05) is 60.9 Å². The number of hydrogen-bond donors (Lipinski definition) is 0. The van der Waals surface area contributed by atoms with Crippen LogP contribution in [0.1, 0.15) is 44.6 Å². The van der Waals surface area contributed by atoms with Crippen molar-refractivity contribution in [2.45, 2.75) is 45.6 Å². The molecule has 0 unspecified atom stereocenters. The van der Waals surface area contributed by atoms with Crippen LogP contribution in [0.3, 0.4) is 0 Å². The van der Waals surface area contributed by atoms with Gasteiger partial charge in [-0.2, -0.15) is 0 Å². The molecule has 0 N–H and O–H groups in total. The zero-order valence-electron chi connectivity index (χ0n) is 16.3. The zero-order chi connectivity index (χ0) is 19.3. The molecule has 1 aliphatic rings. The van der Waals surface area contributed by atoms with Gasteiger partial charge in [-0.3, -0.25) is 9.69 Å². The van der Waals surface area contributed by atoms with E-state index >= 15 is 0 Å². The smallest absolute Gasteiger partial charge is 0.232 e. The van der Waals surface area contributed by atoms with Gasteiger partial charge in [-0.05, 0) is 43.5 Å². The summed E-state index contributed by atoms with van der Waals surface area (Å²) in [6.45, 7) is 3.18. The minimum absolute atomic E-state index is 0.114. The average Bonchev–Trinajstić information content (AvgIpc) is 3.16. The average molecular weight is 395 g/mol. The van der Waals surface area contributed by atoms with Crippen molar-refractivity contribution in [3.05, 3.63) is 54.1 Å². The summed E-state index contributed by atoms with van der Waals surface area (Å²) >= 11 is 1.57. The Hall–Kier alpha value is -2.40. The largest absolute Gasteiger partial charge is 0.494 e. The van der Waals surface area contributed by atoms with Gasteiger partial charge in [-0.25, -0.2) is 4.98 Å². The summed E-state index contributed by atoms with van der Waals surface area (Å²) < 4.78 is 6.67. The van der Waals surface area contributed by atoms with Crippen molar-refractivity contribution >= 4 is 32.6 Å². The second-order valence-corrected chi connectivity index (χ2v) is 8.31. The number of thiazole rings is 1. The molecule has 2 aromatic carbocycles. The van der Waals surface area contributed by atoms with Crippen LogP contribution in [0.15, 0.2) is 48.5 Å². The van der Waals surface area contributed by atoms with Crippen LogP contribution in [-0.2, 0) is 11.3 Å².